The Labute approximate surface area is 595 Å². The highest BCUT2D eigenvalue weighted by atomic mass is 31.2. The third kappa shape index (κ3) is 70.4. The Morgan fingerprint density at radius 2 is 0.551 bits per heavy atom. The molecule has 0 saturated carbocycles. The number of esters is 4. The van der Waals surface area contributed by atoms with Gasteiger partial charge in [0.1, 0.15) is 19.3 Å². The van der Waals surface area contributed by atoms with Crippen LogP contribution in [0.2, 0.25) is 0 Å². The summed E-state index contributed by atoms with van der Waals surface area (Å²) in [4.78, 5) is 72.8. The lowest BCUT2D eigenvalue weighted by Crippen LogP contribution is -2.30. The molecular formula is C79H138O17P2. The van der Waals surface area contributed by atoms with Gasteiger partial charge in [0.25, 0.3) is 0 Å². The highest BCUT2D eigenvalue weighted by molar-refractivity contribution is 7.47. The maximum absolute atomic E-state index is 13.1. The van der Waals surface area contributed by atoms with Crippen LogP contribution in [-0.4, -0.2) is 96.7 Å². The minimum Gasteiger partial charge on any atom is -0.462 e. The van der Waals surface area contributed by atoms with Crippen molar-refractivity contribution in [3.8, 4) is 0 Å². The van der Waals surface area contributed by atoms with E-state index in [0.717, 1.165) is 167 Å². The Kier molecular flexibility index (Phi) is 68.4. The number of phosphoric ester groups is 2. The second-order valence-electron chi connectivity index (χ2n) is 25.6. The lowest BCUT2D eigenvalue weighted by Gasteiger charge is -2.21. The summed E-state index contributed by atoms with van der Waals surface area (Å²) in [5, 5.41) is 10.6. The lowest BCUT2D eigenvalue weighted by atomic mass is 10.1. The van der Waals surface area contributed by atoms with Gasteiger partial charge in [-0.1, -0.05) is 273 Å². The van der Waals surface area contributed by atoms with Crippen LogP contribution in [0, 0.1) is 0 Å². The zero-order valence-corrected chi connectivity index (χ0v) is 63.5. The van der Waals surface area contributed by atoms with Gasteiger partial charge in [-0.2, -0.15) is 0 Å². The number of unbranched alkanes of at least 4 members (excludes halogenated alkanes) is 30. The molecule has 98 heavy (non-hydrogen) atoms. The average molecular weight is 1420 g/mol. The van der Waals surface area contributed by atoms with Crippen LogP contribution in [0.25, 0.3) is 0 Å². The van der Waals surface area contributed by atoms with Gasteiger partial charge in [0.15, 0.2) is 12.2 Å². The first-order chi connectivity index (χ1) is 47.7. The summed E-state index contributed by atoms with van der Waals surface area (Å²) in [6, 6.07) is 0. The maximum Gasteiger partial charge on any atom is 0.472 e. The molecule has 5 unspecified atom stereocenters. The highest BCUT2D eigenvalue weighted by Crippen LogP contribution is 2.45. The van der Waals surface area contributed by atoms with Crippen molar-refractivity contribution in [1.29, 1.82) is 0 Å². The zero-order valence-electron chi connectivity index (χ0n) is 61.7. The van der Waals surface area contributed by atoms with Gasteiger partial charge in [-0.3, -0.25) is 37.3 Å². The van der Waals surface area contributed by atoms with E-state index in [1.165, 1.54) is 77.0 Å². The van der Waals surface area contributed by atoms with Crippen molar-refractivity contribution in [3.05, 3.63) is 97.2 Å². The quantitative estimate of drug-likeness (QED) is 0.0169. The SMILES string of the molecule is CC/C=C\C/C=C\C/C=C\C/C=C\C/C=C\CCCCCC(=O)OCC(COP(=O)(O)OCC(O)COP(=O)(O)OCC(COC(=O)CCCCCCC/C=C\CCCCCCCC)OC(=O)CCCCCCC/C=C\C/C=C\CCC)OC(=O)CCCCCCCCCCCCC. The number of carbonyl (C=O) groups is 4. The minimum atomic E-state index is -4.98. The molecule has 19 heteroatoms. The molecule has 0 aliphatic carbocycles. The van der Waals surface area contributed by atoms with Crippen LogP contribution >= 0.6 is 15.6 Å². The van der Waals surface area contributed by atoms with Gasteiger partial charge in [0, 0.05) is 25.7 Å². The van der Waals surface area contributed by atoms with Crippen LogP contribution in [0.1, 0.15) is 323 Å². The number of phosphoric acid groups is 2. The summed E-state index contributed by atoms with van der Waals surface area (Å²) < 4.78 is 68.4. The molecule has 0 rings (SSSR count). The monoisotopic (exact) mass is 1420 g/mol. The fourth-order valence-corrected chi connectivity index (χ4v) is 11.7. The molecule has 5 atom stereocenters. The van der Waals surface area contributed by atoms with Crippen molar-refractivity contribution in [2.75, 3.05) is 39.6 Å². The van der Waals surface area contributed by atoms with E-state index in [-0.39, 0.29) is 25.7 Å². The fraction of sp³-hybridized carbons (Fsp3) is 0.747. The standard InChI is InChI=1S/C79H138O17P2/c1-5-9-13-17-21-25-29-32-34-35-36-37-39-42-45-48-52-56-60-64-77(82)89-69-74(95-78(83)65-61-57-53-49-43-28-24-20-16-12-8-4)71-93-97(85,86)91-67-73(80)68-92-98(87,88)94-72-75(96-79(84)66-62-58-54-50-46-40-31-27-23-19-15-11-7-3)70-90-76(81)63-59-55-51-47-44-41-38-33-30-26-22-18-14-10-6-2/h9,13,15,19,21,25,27,31-34,36-38,42,45,73-75,80H,5-8,10-12,14,16-18,20,22-24,26,28-30,35,39-41,43-44,46-72H2,1-4H3,(H,85,86)(H,87,88)/b13-9-,19-15-,25-21-,31-27-,34-32-,37-36-,38-33-,45-42-. The predicted molar refractivity (Wildman–Crippen MR) is 399 cm³/mol. The first-order valence-electron chi connectivity index (χ1n) is 38.5. The second-order valence-corrected chi connectivity index (χ2v) is 28.5. The lowest BCUT2D eigenvalue weighted by molar-refractivity contribution is -0.161. The summed E-state index contributed by atoms with van der Waals surface area (Å²) in [7, 11) is -9.95. The molecule has 0 radical (unpaired) electrons. The molecule has 0 bridgehead atoms. The largest absolute Gasteiger partial charge is 0.472 e. The van der Waals surface area contributed by atoms with Crippen LogP contribution in [-0.2, 0) is 65.4 Å². The molecule has 0 aromatic carbocycles. The van der Waals surface area contributed by atoms with E-state index < -0.39 is 97.5 Å². The first-order valence-corrected chi connectivity index (χ1v) is 41.5. The summed E-state index contributed by atoms with van der Waals surface area (Å²) in [6.45, 7) is 4.64. The van der Waals surface area contributed by atoms with E-state index >= 15 is 0 Å². The number of hydrogen-bond acceptors (Lipinski definition) is 15. The Morgan fingerprint density at radius 1 is 0.296 bits per heavy atom. The normalized spacial score (nSPS) is 14.5. The van der Waals surface area contributed by atoms with Gasteiger partial charge in [-0.05, 0) is 122 Å². The topological polar surface area (TPSA) is 237 Å². The van der Waals surface area contributed by atoms with E-state index in [0.29, 0.717) is 25.7 Å². The molecule has 3 N–H and O–H groups in total. The molecule has 0 aromatic heterocycles. The van der Waals surface area contributed by atoms with Gasteiger partial charge in [0.2, 0.25) is 0 Å². The number of aliphatic hydroxyl groups excluding tert-OH is 1. The van der Waals surface area contributed by atoms with Gasteiger partial charge in [-0.15, -0.1) is 0 Å². The van der Waals surface area contributed by atoms with Crippen LogP contribution in [0.4, 0.5) is 0 Å². The number of hydrogen-bond donors (Lipinski definition) is 3. The predicted octanol–water partition coefficient (Wildman–Crippen LogP) is 22.0. The van der Waals surface area contributed by atoms with Crippen molar-refractivity contribution in [1.82, 2.24) is 0 Å². The zero-order chi connectivity index (χ0) is 71.8. The number of ether oxygens (including phenoxy) is 4. The van der Waals surface area contributed by atoms with Gasteiger partial charge < -0.3 is 33.8 Å². The van der Waals surface area contributed by atoms with Gasteiger partial charge in [-0.25, -0.2) is 9.13 Å². The van der Waals surface area contributed by atoms with Crippen molar-refractivity contribution < 1.29 is 80.2 Å². The smallest absolute Gasteiger partial charge is 0.462 e. The third-order valence-corrected chi connectivity index (χ3v) is 17.9. The van der Waals surface area contributed by atoms with Crippen LogP contribution < -0.4 is 0 Å². The van der Waals surface area contributed by atoms with E-state index in [4.69, 9.17) is 37.0 Å². The molecule has 0 saturated heterocycles. The minimum absolute atomic E-state index is 0.0777. The van der Waals surface area contributed by atoms with E-state index in [1.807, 2.05) is 0 Å². The van der Waals surface area contributed by atoms with Crippen molar-refractivity contribution >= 4 is 39.5 Å². The van der Waals surface area contributed by atoms with Crippen LogP contribution in [0.5, 0.6) is 0 Å². The Balaban J connectivity index is 5.33. The maximum atomic E-state index is 13.1. The third-order valence-electron chi connectivity index (χ3n) is 16.0. The fourth-order valence-electron chi connectivity index (χ4n) is 10.2. The summed E-state index contributed by atoms with van der Waals surface area (Å²) in [5.41, 5.74) is 0. The van der Waals surface area contributed by atoms with Crippen molar-refractivity contribution in [3.63, 3.8) is 0 Å². The molecule has 566 valence electrons. The van der Waals surface area contributed by atoms with Crippen LogP contribution in [0.3, 0.4) is 0 Å². The molecule has 0 spiro atoms. The molecule has 0 amide bonds. The number of carbonyl (C=O) groups excluding carboxylic acids is 4. The summed E-state index contributed by atoms with van der Waals surface area (Å²) in [6.07, 6.45) is 74.0. The number of allylic oxidation sites excluding steroid dienone is 16. The summed E-state index contributed by atoms with van der Waals surface area (Å²) >= 11 is 0. The number of aliphatic hydroxyl groups is 1. The highest BCUT2D eigenvalue weighted by Gasteiger charge is 2.30. The number of rotatable bonds is 72. The van der Waals surface area contributed by atoms with Crippen LogP contribution in [0.15, 0.2) is 97.2 Å². The average Bonchev–Trinajstić information content (AvgIpc) is 1.00. The van der Waals surface area contributed by atoms with Crippen molar-refractivity contribution in [2.24, 2.45) is 0 Å². The molecule has 0 aromatic rings. The molecule has 17 nitrogen and oxygen atoms in total. The Morgan fingerprint density at radius 3 is 0.878 bits per heavy atom. The molecule has 0 fully saturated rings. The second kappa shape index (κ2) is 71.4. The molecule has 0 aliphatic heterocycles. The van der Waals surface area contributed by atoms with Crippen molar-refractivity contribution in [2.45, 2.75) is 341 Å². The molecule has 0 heterocycles. The van der Waals surface area contributed by atoms with E-state index in [9.17, 15) is 43.2 Å². The molecule has 0 aliphatic rings. The molecular weight excluding hydrogens is 1280 g/mol. The van der Waals surface area contributed by atoms with Gasteiger partial charge >= 0.3 is 39.5 Å². The summed E-state index contributed by atoms with van der Waals surface area (Å²) in [5.74, 6) is -2.22. The Hall–Kier alpha value is -4.02. The first kappa shape index (κ1) is 94.0. The van der Waals surface area contributed by atoms with E-state index in [2.05, 4.69) is 125 Å². The Bertz CT molecular complexity index is 2240. The van der Waals surface area contributed by atoms with Gasteiger partial charge in [0.05, 0.1) is 26.4 Å². The van der Waals surface area contributed by atoms with E-state index in [1.54, 1.807) is 0 Å².